The molecule has 164 valence electrons. The number of aryl methyl sites for hydroxylation is 2. The molecule has 0 unspecified atom stereocenters. The van der Waals surface area contributed by atoms with Gasteiger partial charge in [0, 0.05) is 10.9 Å². The number of fused-ring (bicyclic) bond motifs is 1. The summed E-state index contributed by atoms with van der Waals surface area (Å²) in [6, 6.07) is 18.4. The number of anilines is 1. The zero-order chi connectivity index (χ0) is 22.9. The van der Waals surface area contributed by atoms with E-state index < -0.39 is 16.0 Å². The molecule has 0 atom stereocenters. The molecule has 32 heavy (non-hydrogen) atoms. The third-order valence-corrected chi connectivity index (χ3v) is 7.57. The van der Waals surface area contributed by atoms with Crippen LogP contribution in [0.3, 0.4) is 0 Å². The van der Waals surface area contributed by atoms with Crippen LogP contribution in [-0.2, 0) is 14.8 Å². The Morgan fingerprint density at radius 1 is 0.969 bits per heavy atom. The van der Waals surface area contributed by atoms with E-state index >= 15 is 0 Å². The Morgan fingerprint density at radius 3 is 2.44 bits per heavy atom. The van der Waals surface area contributed by atoms with Gasteiger partial charge in [-0.25, -0.2) is 13.2 Å². The van der Waals surface area contributed by atoms with Gasteiger partial charge < -0.3 is 4.74 Å². The Balaban J connectivity index is 1.78. The van der Waals surface area contributed by atoms with E-state index in [9.17, 15) is 13.2 Å². The number of esters is 1. The van der Waals surface area contributed by atoms with Crippen LogP contribution in [0.1, 0.15) is 28.4 Å². The second-order valence-electron chi connectivity index (χ2n) is 7.51. The Morgan fingerprint density at radius 2 is 1.72 bits per heavy atom. The summed E-state index contributed by atoms with van der Waals surface area (Å²) in [4.78, 5) is 13.0. The lowest BCUT2D eigenvalue weighted by molar-refractivity contribution is 0.0529. The summed E-state index contributed by atoms with van der Waals surface area (Å²) in [5.74, 6) is -0.556. The molecular weight excluding hydrogens is 442 g/mol. The lowest BCUT2D eigenvalue weighted by atomic mass is 9.98. The van der Waals surface area contributed by atoms with E-state index in [2.05, 4.69) is 4.72 Å². The maximum Gasteiger partial charge on any atom is 0.341 e. The van der Waals surface area contributed by atoms with E-state index in [-0.39, 0.29) is 22.1 Å². The molecule has 4 aromatic rings. The summed E-state index contributed by atoms with van der Waals surface area (Å²) in [6.07, 6.45) is 0. The minimum Gasteiger partial charge on any atom is -0.462 e. The number of carbonyl (C=O) groups excluding carboxylic acids is 1. The fraction of sp³-hybridized carbons (Fsp3) is 0.160. The SMILES string of the molecule is CCOC(=O)c1c(-c2ccc(C)cc2C)csc1NS(=O)(=O)c1ccc2ccccc2c1. The summed E-state index contributed by atoms with van der Waals surface area (Å²) in [5.41, 5.74) is 3.86. The first-order chi connectivity index (χ1) is 15.3. The molecule has 1 heterocycles. The maximum absolute atomic E-state index is 13.2. The van der Waals surface area contributed by atoms with Gasteiger partial charge in [-0.05, 0) is 54.8 Å². The second-order valence-corrected chi connectivity index (χ2v) is 10.1. The number of hydrogen-bond donors (Lipinski definition) is 1. The summed E-state index contributed by atoms with van der Waals surface area (Å²) >= 11 is 1.17. The molecule has 0 saturated heterocycles. The summed E-state index contributed by atoms with van der Waals surface area (Å²) in [6.45, 7) is 5.88. The molecule has 1 N–H and O–H groups in total. The van der Waals surface area contributed by atoms with Crippen molar-refractivity contribution in [2.24, 2.45) is 0 Å². The predicted molar refractivity (Wildman–Crippen MR) is 130 cm³/mol. The van der Waals surface area contributed by atoms with Crippen molar-refractivity contribution in [2.75, 3.05) is 11.3 Å². The van der Waals surface area contributed by atoms with Crippen molar-refractivity contribution in [1.29, 1.82) is 0 Å². The number of ether oxygens (including phenoxy) is 1. The van der Waals surface area contributed by atoms with Gasteiger partial charge in [-0.1, -0.05) is 54.1 Å². The highest BCUT2D eigenvalue weighted by atomic mass is 32.2. The smallest absolute Gasteiger partial charge is 0.341 e. The fourth-order valence-electron chi connectivity index (χ4n) is 3.67. The van der Waals surface area contributed by atoms with Gasteiger partial charge in [-0.2, -0.15) is 0 Å². The van der Waals surface area contributed by atoms with Crippen LogP contribution >= 0.6 is 11.3 Å². The predicted octanol–water partition coefficient (Wildman–Crippen LogP) is 6.16. The van der Waals surface area contributed by atoms with Crippen LogP contribution in [0.15, 0.2) is 70.9 Å². The van der Waals surface area contributed by atoms with Crippen molar-refractivity contribution in [3.05, 3.63) is 82.7 Å². The standard InChI is InChI=1S/C25H23NO4S2/c1-4-30-25(27)23-22(21-12-9-16(2)13-17(21)3)15-31-24(23)26-32(28,29)20-11-10-18-7-5-6-8-19(18)14-20/h5-15,26H,4H2,1-3H3. The van der Waals surface area contributed by atoms with Crippen molar-refractivity contribution in [1.82, 2.24) is 0 Å². The van der Waals surface area contributed by atoms with Gasteiger partial charge in [0.1, 0.15) is 10.6 Å². The van der Waals surface area contributed by atoms with Crippen molar-refractivity contribution in [3.8, 4) is 11.1 Å². The van der Waals surface area contributed by atoms with Gasteiger partial charge in [-0.15, -0.1) is 11.3 Å². The van der Waals surface area contributed by atoms with Crippen LogP contribution in [-0.4, -0.2) is 21.0 Å². The van der Waals surface area contributed by atoms with Gasteiger partial charge in [-0.3, -0.25) is 4.72 Å². The molecule has 0 aliphatic heterocycles. The normalized spacial score (nSPS) is 11.5. The van der Waals surface area contributed by atoms with E-state index in [1.807, 2.05) is 56.3 Å². The molecule has 4 rings (SSSR count). The number of benzene rings is 3. The Hall–Kier alpha value is -3.16. The largest absolute Gasteiger partial charge is 0.462 e. The Labute approximate surface area is 191 Å². The van der Waals surface area contributed by atoms with Crippen LogP contribution in [0.4, 0.5) is 5.00 Å². The minimum atomic E-state index is -3.91. The fourth-order valence-corrected chi connectivity index (χ4v) is 5.98. The molecule has 7 heteroatoms. The molecule has 0 radical (unpaired) electrons. The number of nitrogens with one attached hydrogen (secondary N) is 1. The maximum atomic E-state index is 13.2. The van der Waals surface area contributed by atoms with Gasteiger partial charge >= 0.3 is 5.97 Å². The van der Waals surface area contributed by atoms with E-state index in [4.69, 9.17) is 4.74 Å². The zero-order valence-electron chi connectivity index (χ0n) is 18.0. The number of rotatable bonds is 6. The second kappa shape index (κ2) is 8.76. The van der Waals surface area contributed by atoms with Gasteiger partial charge in [0.25, 0.3) is 10.0 Å². The molecule has 5 nitrogen and oxygen atoms in total. The lowest BCUT2D eigenvalue weighted by Crippen LogP contribution is -2.15. The van der Waals surface area contributed by atoms with Crippen molar-refractivity contribution < 1.29 is 17.9 Å². The summed E-state index contributed by atoms with van der Waals surface area (Å²) in [7, 11) is -3.91. The number of carbonyl (C=O) groups is 1. The molecule has 0 aliphatic carbocycles. The molecular formula is C25H23NO4S2. The summed E-state index contributed by atoms with van der Waals surface area (Å²) in [5, 5.41) is 3.81. The van der Waals surface area contributed by atoms with E-state index in [1.54, 1.807) is 30.5 Å². The lowest BCUT2D eigenvalue weighted by Gasteiger charge is -2.12. The first kappa shape index (κ1) is 22.0. The topological polar surface area (TPSA) is 72.5 Å². The number of hydrogen-bond acceptors (Lipinski definition) is 5. The minimum absolute atomic E-state index is 0.132. The van der Waals surface area contributed by atoms with E-state index in [0.717, 1.165) is 27.5 Å². The third-order valence-electron chi connectivity index (χ3n) is 5.20. The molecule has 0 aliphatic rings. The average Bonchev–Trinajstić information content (AvgIpc) is 3.16. The Kier molecular flexibility index (Phi) is 6.04. The van der Waals surface area contributed by atoms with Gasteiger partial charge in [0.05, 0.1) is 11.5 Å². The van der Waals surface area contributed by atoms with Gasteiger partial charge in [0.15, 0.2) is 0 Å². The first-order valence-electron chi connectivity index (χ1n) is 10.2. The molecule has 3 aromatic carbocycles. The molecule has 0 fully saturated rings. The molecule has 0 amide bonds. The third kappa shape index (κ3) is 4.26. The van der Waals surface area contributed by atoms with E-state index in [1.165, 1.54) is 11.3 Å². The average molecular weight is 466 g/mol. The number of thiophene rings is 1. The first-order valence-corrected chi connectivity index (χ1v) is 12.5. The van der Waals surface area contributed by atoms with Crippen LogP contribution in [0.25, 0.3) is 21.9 Å². The monoisotopic (exact) mass is 465 g/mol. The molecule has 0 spiro atoms. The molecule has 1 aromatic heterocycles. The van der Waals surface area contributed by atoms with Crippen molar-refractivity contribution in [3.63, 3.8) is 0 Å². The van der Waals surface area contributed by atoms with Gasteiger partial charge in [0.2, 0.25) is 0 Å². The molecule has 0 saturated carbocycles. The zero-order valence-corrected chi connectivity index (χ0v) is 19.6. The van der Waals surface area contributed by atoms with Crippen LogP contribution in [0, 0.1) is 13.8 Å². The Bertz CT molecular complexity index is 1420. The van der Waals surface area contributed by atoms with Crippen LogP contribution < -0.4 is 4.72 Å². The van der Waals surface area contributed by atoms with Crippen molar-refractivity contribution >= 4 is 43.1 Å². The van der Waals surface area contributed by atoms with Crippen LogP contribution in [0.2, 0.25) is 0 Å². The van der Waals surface area contributed by atoms with E-state index in [0.29, 0.717) is 5.56 Å². The van der Waals surface area contributed by atoms with Crippen molar-refractivity contribution in [2.45, 2.75) is 25.7 Å². The number of sulfonamides is 1. The quantitative estimate of drug-likeness (QED) is 0.346. The molecule has 0 bridgehead atoms. The van der Waals surface area contributed by atoms with Crippen LogP contribution in [0.5, 0.6) is 0 Å². The highest BCUT2D eigenvalue weighted by molar-refractivity contribution is 7.93. The summed E-state index contributed by atoms with van der Waals surface area (Å²) < 4.78 is 34.2. The highest BCUT2D eigenvalue weighted by Gasteiger charge is 2.26. The highest BCUT2D eigenvalue weighted by Crippen LogP contribution is 2.39.